The van der Waals surface area contributed by atoms with Gasteiger partial charge in [0.05, 0.1) is 18.7 Å². The minimum atomic E-state index is -0.363. The number of amides is 1. The van der Waals surface area contributed by atoms with Crippen molar-refractivity contribution in [3.8, 4) is 0 Å². The summed E-state index contributed by atoms with van der Waals surface area (Å²) in [5.74, 6) is -0.582. The van der Waals surface area contributed by atoms with E-state index in [1.165, 1.54) is 6.33 Å². The zero-order valence-corrected chi connectivity index (χ0v) is 15.0. The van der Waals surface area contributed by atoms with Crippen molar-refractivity contribution in [3.63, 3.8) is 0 Å². The summed E-state index contributed by atoms with van der Waals surface area (Å²) in [5, 5.41) is 6.87. The maximum absolute atomic E-state index is 12.4. The van der Waals surface area contributed by atoms with E-state index in [2.05, 4.69) is 15.4 Å². The Labute approximate surface area is 157 Å². The molecule has 0 fully saturated rings. The Kier molecular flexibility index (Phi) is 5.94. The van der Waals surface area contributed by atoms with Gasteiger partial charge in [-0.05, 0) is 48.4 Å². The number of carbonyl (C=O) groups excluding carboxylic acids is 2. The molecular formula is C20H20N4O3. The quantitative estimate of drug-likeness (QED) is 0.651. The highest BCUT2D eigenvalue weighted by Gasteiger charge is 2.09. The SMILES string of the molecule is CCCOC(=O)c1ccc(NC(=O)c2ccc(Cn3cncn3)cc2)cc1. The number of carbonyl (C=O) groups is 2. The van der Waals surface area contributed by atoms with Gasteiger partial charge in [-0.1, -0.05) is 19.1 Å². The molecule has 0 saturated heterocycles. The first-order valence-corrected chi connectivity index (χ1v) is 8.65. The number of aromatic nitrogens is 3. The van der Waals surface area contributed by atoms with Gasteiger partial charge in [0.2, 0.25) is 0 Å². The molecule has 1 heterocycles. The zero-order chi connectivity index (χ0) is 19.1. The van der Waals surface area contributed by atoms with Gasteiger partial charge >= 0.3 is 5.97 Å². The van der Waals surface area contributed by atoms with Crippen molar-refractivity contribution >= 4 is 17.6 Å². The van der Waals surface area contributed by atoms with Crippen LogP contribution in [0.5, 0.6) is 0 Å². The monoisotopic (exact) mass is 364 g/mol. The molecular weight excluding hydrogens is 344 g/mol. The van der Waals surface area contributed by atoms with Gasteiger partial charge in [-0.2, -0.15) is 5.10 Å². The normalized spacial score (nSPS) is 10.4. The number of hydrogen-bond acceptors (Lipinski definition) is 5. The molecule has 2 aromatic carbocycles. The fraction of sp³-hybridized carbons (Fsp3) is 0.200. The van der Waals surface area contributed by atoms with Gasteiger partial charge in [-0.3, -0.25) is 4.79 Å². The van der Waals surface area contributed by atoms with E-state index in [9.17, 15) is 9.59 Å². The van der Waals surface area contributed by atoms with Crippen molar-refractivity contribution in [1.29, 1.82) is 0 Å². The molecule has 0 spiro atoms. The van der Waals surface area contributed by atoms with Gasteiger partial charge in [0.1, 0.15) is 12.7 Å². The number of hydrogen-bond donors (Lipinski definition) is 1. The van der Waals surface area contributed by atoms with Crippen LogP contribution in [-0.4, -0.2) is 33.2 Å². The number of esters is 1. The molecule has 1 aromatic heterocycles. The summed E-state index contributed by atoms with van der Waals surface area (Å²) in [4.78, 5) is 28.1. The second kappa shape index (κ2) is 8.75. The minimum Gasteiger partial charge on any atom is -0.462 e. The van der Waals surface area contributed by atoms with Crippen LogP contribution in [0.2, 0.25) is 0 Å². The average molecular weight is 364 g/mol. The Morgan fingerprint density at radius 2 is 1.74 bits per heavy atom. The molecule has 0 radical (unpaired) electrons. The molecule has 7 nitrogen and oxygen atoms in total. The first-order valence-electron chi connectivity index (χ1n) is 8.65. The molecule has 0 unspecified atom stereocenters. The van der Waals surface area contributed by atoms with Gasteiger partial charge in [-0.15, -0.1) is 0 Å². The zero-order valence-electron chi connectivity index (χ0n) is 15.0. The molecule has 3 rings (SSSR count). The van der Waals surface area contributed by atoms with E-state index in [1.807, 2.05) is 19.1 Å². The van der Waals surface area contributed by atoms with Crippen LogP contribution in [0, 0.1) is 0 Å². The predicted molar refractivity (Wildman–Crippen MR) is 101 cm³/mol. The third kappa shape index (κ3) is 5.01. The second-order valence-corrected chi connectivity index (χ2v) is 5.96. The van der Waals surface area contributed by atoms with E-state index < -0.39 is 0 Å². The largest absolute Gasteiger partial charge is 0.462 e. The number of nitrogens with one attached hydrogen (secondary N) is 1. The molecule has 0 aliphatic carbocycles. The lowest BCUT2D eigenvalue weighted by molar-refractivity contribution is 0.0505. The van der Waals surface area contributed by atoms with Crippen LogP contribution in [-0.2, 0) is 11.3 Å². The van der Waals surface area contributed by atoms with Gasteiger partial charge in [0, 0.05) is 11.3 Å². The van der Waals surface area contributed by atoms with E-state index in [4.69, 9.17) is 4.74 Å². The summed E-state index contributed by atoms with van der Waals surface area (Å²) in [5.41, 5.74) is 2.63. The fourth-order valence-electron chi connectivity index (χ4n) is 2.43. The van der Waals surface area contributed by atoms with E-state index in [-0.39, 0.29) is 11.9 Å². The third-order valence-corrected chi connectivity index (χ3v) is 3.84. The number of nitrogens with zero attached hydrogens (tertiary/aromatic N) is 3. The van der Waals surface area contributed by atoms with Gasteiger partial charge in [-0.25, -0.2) is 14.5 Å². The van der Waals surface area contributed by atoms with Crippen LogP contribution in [0.4, 0.5) is 5.69 Å². The van der Waals surface area contributed by atoms with Crippen LogP contribution in [0.3, 0.4) is 0 Å². The molecule has 7 heteroatoms. The number of anilines is 1. The lowest BCUT2D eigenvalue weighted by atomic mass is 10.1. The molecule has 3 aromatic rings. The molecule has 0 saturated carbocycles. The minimum absolute atomic E-state index is 0.219. The Morgan fingerprint density at radius 1 is 1.04 bits per heavy atom. The lowest BCUT2D eigenvalue weighted by Crippen LogP contribution is -2.12. The summed E-state index contributed by atoms with van der Waals surface area (Å²) in [7, 11) is 0. The Bertz CT molecular complexity index is 888. The number of rotatable bonds is 7. The highest BCUT2D eigenvalue weighted by Crippen LogP contribution is 2.13. The summed E-state index contributed by atoms with van der Waals surface area (Å²) in [6.45, 7) is 2.93. The van der Waals surface area contributed by atoms with Gasteiger partial charge in [0.15, 0.2) is 0 Å². The third-order valence-electron chi connectivity index (χ3n) is 3.84. The van der Waals surface area contributed by atoms with Crippen molar-refractivity contribution in [2.45, 2.75) is 19.9 Å². The van der Waals surface area contributed by atoms with Crippen molar-refractivity contribution in [2.75, 3.05) is 11.9 Å². The van der Waals surface area contributed by atoms with Crippen molar-refractivity contribution in [2.24, 2.45) is 0 Å². The van der Waals surface area contributed by atoms with Crippen LogP contribution in [0.15, 0.2) is 61.2 Å². The fourth-order valence-corrected chi connectivity index (χ4v) is 2.43. The molecule has 138 valence electrons. The molecule has 0 atom stereocenters. The topological polar surface area (TPSA) is 86.1 Å². The number of benzene rings is 2. The van der Waals surface area contributed by atoms with Crippen LogP contribution >= 0.6 is 0 Å². The standard InChI is InChI=1S/C20H20N4O3/c1-2-11-27-20(26)17-7-9-18(10-8-17)23-19(25)16-5-3-15(4-6-16)12-24-14-21-13-22-24/h3-10,13-14H,2,11-12H2,1H3,(H,23,25). The van der Waals surface area contributed by atoms with Crippen molar-refractivity contribution < 1.29 is 14.3 Å². The summed E-state index contributed by atoms with van der Waals surface area (Å²) in [6.07, 6.45) is 3.90. The Hall–Kier alpha value is -3.48. The molecule has 0 bridgehead atoms. The second-order valence-electron chi connectivity index (χ2n) is 5.96. The Morgan fingerprint density at radius 3 is 2.37 bits per heavy atom. The molecule has 0 aliphatic rings. The smallest absolute Gasteiger partial charge is 0.338 e. The highest BCUT2D eigenvalue weighted by atomic mass is 16.5. The summed E-state index contributed by atoms with van der Waals surface area (Å²) >= 11 is 0. The van der Waals surface area contributed by atoms with E-state index in [1.54, 1.807) is 47.4 Å². The highest BCUT2D eigenvalue weighted by molar-refractivity contribution is 6.04. The average Bonchev–Trinajstić information content (AvgIpc) is 3.20. The summed E-state index contributed by atoms with van der Waals surface area (Å²) in [6, 6.07) is 13.9. The molecule has 27 heavy (non-hydrogen) atoms. The van der Waals surface area contributed by atoms with Crippen LogP contribution in [0.1, 0.15) is 39.6 Å². The molecule has 0 aliphatic heterocycles. The molecule has 1 N–H and O–H groups in total. The van der Waals surface area contributed by atoms with E-state index in [0.29, 0.717) is 30.0 Å². The van der Waals surface area contributed by atoms with Gasteiger partial charge in [0.25, 0.3) is 5.91 Å². The maximum Gasteiger partial charge on any atom is 0.338 e. The lowest BCUT2D eigenvalue weighted by Gasteiger charge is -2.08. The van der Waals surface area contributed by atoms with Crippen molar-refractivity contribution in [1.82, 2.24) is 14.8 Å². The van der Waals surface area contributed by atoms with E-state index >= 15 is 0 Å². The van der Waals surface area contributed by atoms with E-state index in [0.717, 1.165) is 12.0 Å². The van der Waals surface area contributed by atoms with Crippen LogP contribution < -0.4 is 5.32 Å². The first kappa shape index (κ1) is 18.3. The Balaban J connectivity index is 1.59. The van der Waals surface area contributed by atoms with Crippen LogP contribution in [0.25, 0.3) is 0 Å². The predicted octanol–water partition coefficient (Wildman–Crippen LogP) is 3.15. The summed E-state index contributed by atoms with van der Waals surface area (Å²) < 4.78 is 6.79. The maximum atomic E-state index is 12.4. The molecule has 1 amide bonds. The first-order chi connectivity index (χ1) is 13.2. The number of ether oxygens (including phenoxy) is 1. The van der Waals surface area contributed by atoms with Crippen molar-refractivity contribution in [3.05, 3.63) is 77.9 Å². The van der Waals surface area contributed by atoms with Gasteiger partial charge < -0.3 is 10.1 Å².